The Labute approximate surface area is 88.6 Å². The first-order chi connectivity index (χ1) is 6.50. The maximum Gasteiger partial charge on any atom is 0.0381 e. The topological polar surface area (TPSA) is 6.48 Å². The second kappa shape index (κ2) is 4.83. The molecule has 0 bridgehead atoms. The predicted octanol–water partition coefficient (Wildman–Crippen LogP) is 2.18. The van der Waals surface area contributed by atoms with Gasteiger partial charge in [0.2, 0.25) is 0 Å². The second-order valence-corrected chi connectivity index (χ2v) is 4.97. The van der Waals surface area contributed by atoms with E-state index >= 15 is 0 Å². The molecular formula is C12H24N2. The van der Waals surface area contributed by atoms with Crippen LogP contribution in [0.2, 0.25) is 0 Å². The van der Waals surface area contributed by atoms with Crippen LogP contribution >= 0.6 is 0 Å². The fourth-order valence-electron chi connectivity index (χ4n) is 1.92. The van der Waals surface area contributed by atoms with Crippen LogP contribution < -0.4 is 0 Å². The predicted molar refractivity (Wildman–Crippen MR) is 62.3 cm³/mol. The molecule has 0 unspecified atom stereocenters. The third-order valence-corrected chi connectivity index (χ3v) is 2.81. The van der Waals surface area contributed by atoms with Gasteiger partial charge < -0.3 is 4.90 Å². The van der Waals surface area contributed by atoms with E-state index in [1.54, 1.807) is 0 Å². The Balaban J connectivity index is 2.44. The summed E-state index contributed by atoms with van der Waals surface area (Å²) in [6.45, 7) is 17.7. The molecule has 14 heavy (non-hydrogen) atoms. The van der Waals surface area contributed by atoms with Gasteiger partial charge in [0.15, 0.2) is 0 Å². The molecule has 0 spiro atoms. The molecule has 0 atom stereocenters. The van der Waals surface area contributed by atoms with Gasteiger partial charge in [-0.15, -0.1) is 0 Å². The molecule has 0 radical (unpaired) electrons. The molecule has 0 N–H and O–H groups in total. The van der Waals surface area contributed by atoms with E-state index in [1.165, 1.54) is 12.2 Å². The number of nitrogens with zero attached hydrogens (tertiary/aromatic N) is 2. The fraction of sp³-hybridized carbons (Fsp3) is 0.833. The van der Waals surface area contributed by atoms with E-state index in [0.717, 1.165) is 25.6 Å². The van der Waals surface area contributed by atoms with Crippen molar-refractivity contribution in [1.82, 2.24) is 9.80 Å². The highest BCUT2D eigenvalue weighted by Crippen LogP contribution is 2.15. The molecule has 0 aromatic carbocycles. The van der Waals surface area contributed by atoms with Gasteiger partial charge in [-0.25, -0.2) is 0 Å². The van der Waals surface area contributed by atoms with E-state index in [1.807, 2.05) is 0 Å². The van der Waals surface area contributed by atoms with Crippen molar-refractivity contribution in [2.45, 2.75) is 33.7 Å². The largest absolute Gasteiger partial charge is 0.373 e. The molecule has 1 aliphatic rings. The minimum atomic E-state index is 0.646. The average molecular weight is 196 g/mol. The molecule has 1 fully saturated rings. The number of piperazine rings is 1. The van der Waals surface area contributed by atoms with Crippen molar-refractivity contribution in [2.24, 2.45) is 5.92 Å². The molecule has 1 aliphatic heterocycles. The maximum atomic E-state index is 4.17. The molecule has 2 nitrogen and oxygen atoms in total. The van der Waals surface area contributed by atoms with Crippen molar-refractivity contribution in [3.63, 3.8) is 0 Å². The van der Waals surface area contributed by atoms with Gasteiger partial charge in [-0.1, -0.05) is 20.4 Å². The zero-order chi connectivity index (χ0) is 10.7. The van der Waals surface area contributed by atoms with E-state index in [-0.39, 0.29) is 0 Å². The lowest BCUT2D eigenvalue weighted by Crippen LogP contribution is -2.47. The van der Waals surface area contributed by atoms with E-state index in [9.17, 15) is 0 Å². The summed E-state index contributed by atoms with van der Waals surface area (Å²) in [5.41, 5.74) is 1.29. The third kappa shape index (κ3) is 3.02. The van der Waals surface area contributed by atoms with Crippen molar-refractivity contribution in [3.8, 4) is 0 Å². The lowest BCUT2D eigenvalue weighted by atomic mass is 10.1. The van der Waals surface area contributed by atoms with E-state index in [0.29, 0.717) is 6.04 Å². The highest BCUT2D eigenvalue weighted by Gasteiger charge is 2.21. The fourth-order valence-corrected chi connectivity index (χ4v) is 1.92. The van der Waals surface area contributed by atoms with Gasteiger partial charge in [0.1, 0.15) is 0 Å². The Kier molecular flexibility index (Phi) is 3.99. The van der Waals surface area contributed by atoms with Gasteiger partial charge in [0, 0.05) is 37.9 Å². The van der Waals surface area contributed by atoms with Crippen LogP contribution in [0.3, 0.4) is 0 Å². The molecular weight excluding hydrogens is 172 g/mol. The van der Waals surface area contributed by atoms with E-state index in [2.05, 4.69) is 44.1 Å². The molecule has 1 saturated heterocycles. The van der Waals surface area contributed by atoms with Gasteiger partial charge in [0.05, 0.1) is 0 Å². The van der Waals surface area contributed by atoms with Gasteiger partial charge in [-0.2, -0.15) is 0 Å². The van der Waals surface area contributed by atoms with Crippen LogP contribution in [-0.4, -0.2) is 42.0 Å². The zero-order valence-electron chi connectivity index (χ0n) is 10.1. The molecule has 0 saturated carbocycles. The quantitative estimate of drug-likeness (QED) is 0.682. The van der Waals surface area contributed by atoms with E-state index in [4.69, 9.17) is 0 Å². The summed E-state index contributed by atoms with van der Waals surface area (Å²) in [6.07, 6.45) is 0. The Morgan fingerprint density at radius 3 is 2.29 bits per heavy atom. The lowest BCUT2D eigenvalue weighted by molar-refractivity contribution is 0.140. The first-order valence-corrected chi connectivity index (χ1v) is 5.67. The number of rotatable bonds is 3. The normalized spacial score (nSPS) is 19.9. The maximum absolute atomic E-state index is 4.17. The summed E-state index contributed by atoms with van der Waals surface area (Å²) in [5, 5.41) is 0. The van der Waals surface area contributed by atoms with Gasteiger partial charge in [0.25, 0.3) is 0 Å². The number of hydrogen-bond acceptors (Lipinski definition) is 2. The average Bonchev–Trinajstić information content (AvgIpc) is 2.07. The minimum absolute atomic E-state index is 0.646. The van der Waals surface area contributed by atoms with Crippen LogP contribution in [0, 0.1) is 5.92 Å². The summed E-state index contributed by atoms with van der Waals surface area (Å²) in [5.74, 6) is 0.734. The Bertz CT molecular complexity index is 196. The molecule has 82 valence electrons. The summed E-state index contributed by atoms with van der Waals surface area (Å²) >= 11 is 0. The summed E-state index contributed by atoms with van der Waals surface area (Å²) in [4.78, 5) is 4.92. The van der Waals surface area contributed by atoms with Crippen molar-refractivity contribution in [3.05, 3.63) is 12.3 Å². The van der Waals surface area contributed by atoms with Crippen LogP contribution in [0.4, 0.5) is 0 Å². The van der Waals surface area contributed by atoms with Crippen LogP contribution in [0.15, 0.2) is 12.3 Å². The minimum Gasteiger partial charge on any atom is -0.373 e. The Hall–Kier alpha value is -0.500. The lowest BCUT2D eigenvalue weighted by Gasteiger charge is -2.40. The Morgan fingerprint density at radius 1 is 1.21 bits per heavy atom. The first kappa shape index (κ1) is 11.6. The first-order valence-electron chi connectivity index (χ1n) is 5.67. The highest BCUT2D eigenvalue weighted by atomic mass is 15.3. The van der Waals surface area contributed by atoms with Crippen LogP contribution in [-0.2, 0) is 0 Å². The van der Waals surface area contributed by atoms with Crippen molar-refractivity contribution in [1.29, 1.82) is 0 Å². The molecule has 0 aromatic rings. The zero-order valence-corrected chi connectivity index (χ0v) is 10.1. The van der Waals surface area contributed by atoms with Gasteiger partial charge in [-0.05, 0) is 19.8 Å². The SMILES string of the molecule is C=C1CN(C(C)C)CCN1CC(C)C. The van der Waals surface area contributed by atoms with Gasteiger partial charge >= 0.3 is 0 Å². The van der Waals surface area contributed by atoms with E-state index < -0.39 is 0 Å². The summed E-state index contributed by atoms with van der Waals surface area (Å²) in [7, 11) is 0. The second-order valence-electron chi connectivity index (χ2n) is 4.97. The number of hydrogen-bond donors (Lipinski definition) is 0. The third-order valence-electron chi connectivity index (χ3n) is 2.81. The molecule has 1 heterocycles. The molecule has 0 aromatic heterocycles. The molecule has 0 amide bonds. The highest BCUT2D eigenvalue weighted by molar-refractivity contribution is 5.01. The summed E-state index contributed by atoms with van der Waals surface area (Å²) in [6, 6.07) is 0.646. The van der Waals surface area contributed by atoms with Crippen molar-refractivity contribution in [2.75, 3.05) is 26.2 Å². The van der Waals surface area contributed by atoms with Crippen molar-refractivity contribution >= 4 is 0 Å². The molecule has 0 aliphatic carbocycles. The Morgan fingerprint density at radius 2 is 1.86 bits per heavy atom. The van der Waals surface area contributed by atoms with Crippen LogP contribution in [0.5, 0.6) is 0 Å². The monoisotopic (exact) mass is 196 g/mol. The van der Waals surface area contributed by atoms with Crippen molar-refractivity contribution < 1.29 is 0 Å². The summed E-state index contributed by atoms with van der Waals surface area (Å²) < 4.78 is 0. The standard InChI is InChI=1S/C12H24N2/c1-10(2)8-14-7-6-13(11(3)4)9-12(14)5/h10-11H,5-9H2,1-4H3. The molecule has 1 rings (SSSR count). The van der Waals surface area contributed by atoms with Crippen LogP contribution in [0.25, 0.3) is 0 Å². The molecule has 2 heteroatoms. The smallest absolute Gasteiger partial charge is 0.0381 e. The van der Waals surface area contributed by atoms with Crippen LogP contribution in [0.1, 0.15) is 27.7 Å². The van der Waals surface area contributed by atoms with Gasteiger partial charge in [-0.3, -0.25) is 4.90 Å².